The number of hydrogen-bond acceptors (Lipinski definition) is 3. The number of methoxy groups -OCH3 is 1. The Hall–Kier alpha value is -2.33. The lowest BCUT2D eigenvalue weighted by Gasteiger charge is -2.30. The van der Waals surface area contributed by atoms with Crippen molar-refractivity contribution in [1.82, 2.24) is 10.2 Å². The Labute approximate surface area is 168 Å². The highest BCUT2D eigenvalue weighted by atomic mass is 16.5. The van der Waals surface area contributed by atoms with E-state index in [1.54, 1.807) is 7.11 Å². The van der Waals surface area contributed by atoms with Gasteiger partial charge in [0.2, 0.25) is 5.91 Å². The third-order valence-electron chi connectivity index (χ3n) is 5.64. The molecule has 0 aromatic heterocycles. The quantitative estimate of drug-likeness (QED) is 0.695. The number of rotatable bonds is 9. The number of nitrogens with zero attached hydrogens (tertiary/aromatic N) is 1. The highest BCUT2D eigenvalue weighted by Gasteiger charge is 2.27. The van der Waals surface area contributed by atoms with Crippen LogP contribution in [0.4, 0.5) is 0 Å². The van der Waals surface area contributed by atoms with Gasteiger partial charge in [0, 0.05) is 12.1 Å². The standard InChI is InChI=1S/C24H32N2O2/c1-3-11-20(19-12-5-4-6-13-19)24(27)25-18-22(26-16-9-10-17-26)21-14-7-8-15-23(21)28-2/h4-8,12-15,20,22H,3,9-11,16-18H2,1-2H3,(H,25,27). The molecule has 3 rings (SSSR count). The first-order valence-electron chi connectivity index (χ1n) is 10.4. The molecule has 2 atom stereocenters. The molecule has 1 aliphatic heterocycles. The lowest BCUT2D eigenvalue weighted by atomic mass is 9.93. The average Bonchev–Trinajstić information content (AvgIpc) is 3.27. The van der Waals surface area contributed by atoms with Gasteiger partial charge in [-0.15, -0.1) is 0 Å². The van der Waals surface area contributed by atoms with E-state index in [1.165, 1.54) is 12.8 Å². The normalized spacial score (nSPS) is 16.5. The van der Waals surface area contributed by atoms with Gasteiger partial charge in [-0.1, -0.05) is 61.9 Å². The largest absolute Gasteiger partial charge is 0.496 e. The van der Waals surface area contributed by atoms with Crippen molar-refractivity contribution < 1.29 is 9.53 Å². The first kappa shape index (κ1) is 20.4. The van der Waals surface area contributed by atoms with Crippen molar-refractivity contribution in [2.24, 2.45) is 0 Å². The van der Waals surface area contributed by atoms with Crippen molar-refractivity contribution in [3.05, 3.63) is 65.7 Å². The number of ether oxygens (including phenoxy) is 1. The predicted molar refractivity (Wildman–Crippen MR) is 114 cm³/mol. The second kappa shape index (κ2) is 10.3. The molecule has 0 radical (unpaired) electrons. The zero-order valence-electron chi connectivity index (χ0n) is 17.1. The molecule has 1 amide bonds. The predicted octanol–water partition coefficient (Wildman–Crippen LogP) is 4.53. The van der Waals surface area contributed by atoms with Crippen LogP contribution >= 0.6 is 0 Å². The maximum Gasteiger partial charge on any atom is 0.227 e. The SMILES string of the molecule is CCCC(C(=O)NCC(c1ccccc1OC)N1CCCC1)c1ccccc1. The van der Waals surface area contributed by atoms with Gasteiger partial charge in [0.15, 0.2) is 0 Å². The Morgan fingerprint density at radius 1 is 1.07 bits per heavy atom. The number of amides is 1. The zero-order valence-corrected chi connectivity index (χ0v) is 17.1. The van der Waals surface area contributed by atoms with E-state index in [2.05, 4.69) is 35.3 Å². The van der Waals surface area contributed by atoms with Crippen LogP contribution in [0.1, 0.15) is 55.7 Å². The molecular formula is C24H32N2O2. The fraction of sp³-hybridized carbons (Fsp3) is 0.458. The minimum Gasteiger partial charge on any atom is -0.496 e. The fourth-order valence-corrected chi connectivity index (χ4v) is 4.17. The number of likely N-dealkylation sites (tertiary alicyclic amines) is 1. The van der Waals surface area contributed by atoms with Crippen LogP contribution < -0.4 is 10.1 Å². The summed E-state index contributed by atoms with van der Waals surface area (Å²) in [5, 5.41) is 3.26. The van der Waals surface area contributed by atoms with E-state index in [-0.39, 0.29) is 17.9 Å². The summed E-state index contributed by atoms with van der Waals surface area (Å²) in [5.41, 5.74) is 2.25. The van der Waals surface area contributed by atoms with Gasteiger partial charge < -0.3 is 10.1 Å². The van der Waals surface area contributed by atoms with Crippen LogP contribution in [0, 0.1) is 0 Å². The Morgan fingerprint density at radius 3 is 2.43 bits per heavy atom. The Bertz CT molecular complexity index is 741. The van der Waals surface area contributed by atoms with Gasteiger partial charge in [0.1, 0.15) is 5.75 Å². The molecule has 2 aromatic carbocycles. The van der Waals surface area contributed by atoms with E-state index in [0.717, 1.165) is 42.8 Å². The molecule has 1 fully saturated rings. The monoisotopic (exact) mass is 380 g/mol. The van der Waals surface area contributed by atoms with Gasteiger partial charge >= 0.3 is 0 Å². The molecule has 4 heteroatoms. The summed E-state index contributed by atoms with van der Waals surface area (Å²) < 4.78 is 5.61. The third kappa shape index (κ3) is 4.93. The second-order valence-electron chi connectivity index (χ2n) is 7.50. The van der Waals surface area contributed by atoms with Gasteiger partial charge in [-0.2, -0.15) is 0 Å². The Kier molecular flexibility index (Phi) is 7.49. The van der Waals surface area contributed by atoms with Crippen molar-refractivity contribution in [2.45, 2.75) is 44.6 Å². The van der Waals surface area contributed by atoms with Crippen molar-refractivity contribution >= 4 is 5.91 Å². The minimum atomic E-state index is -0.0944. The van der Waals surface area contributed by atoms with E-state index >= 15 is 0 Å². The summed E-state index contributed by atoms with van der Waals surface area (Å²) in [6.45, 7) is 4.86. The van der Waals surface area contributed by atoms with Gasteiger partial charge in [0.25, 0.3) is 0 Å². The molecule has 0 spiro atoms. The highest BCUT2D eigenvalue weighted by Crippen LogP contribution is 2.31. The van der Waals surface area contributed by atoms with Gasteiger partial charge in [-0.05, 0) is 44.0 Å². The first-order valence-corrected chi connectivity index (χ1v) is 10.4. The molecule has 2 aromatic rings. The summed E-state index contributed by atoms with van der Waals surface area (Å²) in [4.78, 5) is 15.5. The van der Waals surface area contributed by atoms with Gasteiger partial charge in [-0.3, -0.25) is 9.69 Å². The van der Waals surface area contributed by atoms with E-state index in [9.17, 15) is 4.79 Å². The summed E-state index contributed by atoms with van der Waals surface area (Å²) >= 11 is 0. The second-order valence-corrected chi connectivity index (χ2v) is 7.50. The van der Waals surface area contributed by atoms with Crippen molar-refractivity contribution in [3.63, 3.8) is 0 Å². The van der Waals surface area contributed by atoms with Crippen LogP contribution in [0.3, 0.4) is 0 Å². The van der Waals surface area contributed by atoms with E-state index in [4.69, 9.17) is 4.74 Å². The summed E-state index contributed by atoms with van der Waals surface area (Å²) in [7, 11) is 1.71. The van der Waals surface area contributed by atoms with Crippen LogP contribution in [0.5, 0.6) is 5.75 Å². The molecule has 2 unspecified atom stereocenters. The number of benzene rings is 2. The Morgan fingerprint density at radius 2 is 1.75 bits per heavy atom. The maximum atomic E-state index is 13.1. The molecule has 150 valence electrons. The van der Waals surface area contributed by atoms with E-state index in [1.807, 2.05) is 36.4 Å². The molecule has 1 saturated heterocycles. The fourth-order valence-electron chi connectivity index (χ4n) is 4.17. The van der Waals surface area contributed by atoms with Crippen LogP contribution in [0.2, 0.25) is 0 Å². The lowest BCUT2D eigenvalue weighted by molar-refractivity contribution is -0.123. The van der Waals surface area contributed by atoms with Crippen LogP contribution in [-0.4, -0.2) is 37.6 Å². The number of hydrogen-bond donors (Lipinski definition) is 1. The number of nitrogens with one attached hydrogen (secondary N) is 1. The van der Waals surface area contributed by atoms with Crippen molar-refractivity contribution in [3.8, 4) is 5.75 Å². The number of para-hydroxylation sites is 1. The molecule has 1 aliphatic rings. The number of carbonyl (C=O) groups is 1. The lowest BCUT2D eigenvalue weighted by Crippen LogP contribution is -2.38. The van der Waals surface area contributed by atoms with Gasteiger partial charge in [0.05, 0.1) is 19.1 Å². The smallest absolute Gasteiger partial charge is 0.227 e. The van der Waals surface area contributed by atoms with Crippen molar-refractivity contribution in [2.75, 3.05) is 26.7 Å². The molecule has 1 heterocycles. The highest BCUT2D eigenvalue weighted by molar-refractivity contribution is 5.83. The average molecular weight is 381 g/mol. The summed E-state index contributed by atoms with van der Waals surface area (Å²) in [6, 6.07) is 18.4. The van der Waals surface area contributed by atoms with E-state index < -0.39 is 0 Å². The van der Waals surface area contributed by atoms with E-state index in [0.29, 0.717) is 6.54 Å². The molecule has 0 bridgehead atoms. The molecule has 1 N–H and O–H groups in total. The molecule has 0 aliphatic carbocycles. The molecular weight excluding hydrogens is 348 g/mol. The van der Waals surface area contributed by atoms with Crippen LogP contribution in [-0.2, 0) is 4.79 Å². The molecule has 28 heavy (non-hydrogen) atoms. The third-order valence-corrected chi connectivity index (χ3v) is 5.64. The van der Waals surface area contributed by atoms with Gasteiger partial charge in [-0.25, -0.2) is 0 Å². The number of carbonyl (C=O) groups excluding carboxylic acids is 1. The summed E-state index contributed by atoms with van der Waals surface area (Å²) in [5.74, 6) is 0.914. The molecule has 0 saturated carbocycles. The first-order chi connectivity index (χ1) is 13.7. The zero-order chi connectivity index (χ0) is 19.8. The van der Waals surface area contributed by atoms with Crippen LogP contribution in [0.15, 0.2) is 54.6 Å². The molecule has 4 nitrogen and oxygen atoms in total. The Balaban J connectivity index is 1.76. The maximum absolute atomic E-state index is 13.1. The minimum absolute atomic E-state index is 0.0944. The summed E-state index contributed by atoms with van der Waals surface area (Å²) in [6.07, 6.45) is 4.26. The topological polar surface area (TPSA) is 41.6 Å². The van der Waals surface area contributed by atoms with Crippen molar-refractivity contribution in [1.29, 1.82) is 0 Å². The van der Waals surface area contributed by atoms with Crippen LogP contribution in [0.25, 0.3) is 0 Å².